The average Bonchev–Trinajstić information content (AvgIpc) is 2.61. The van der Waals surface area contributed by atoms with Crippen LogP contribution in [0.15, 0.2) is 18.2 Å². The Labute approximate surface area is 89.2 Å². The normalized spacial score (nSPS) is 13.6. The Morgan fingerprint density at radius 1 is 1.53 bits per heavy atom. The topological polar surface area (TPSA) is 44.4 Å². The number of hydrogen-bond donors (Lipinski definition) is 2. The molecule has 0 spiro atoms. The van der Waals surface area contributed by atoms with E-state index in [2.05, 4.69) is 17.7 Å². The number of hydrogen-bond acceptors (Lipinski definition) is 3. The molecule has 0 bridgehead atoms. The number of hydrazine groups is 1. The molecule has 15 heavy (non-hydrogen) atoms. The van der Waals surface area contributed by atoms with E-state index in [9.17, 15) is 4.79 Å². The third-order valence-electron chi connectivity index (χ3n) is 2.64. The van der Waals surface area contributed by atoms with Crippen LogP contribution in [0.3, 0.4) is 0 Å². The minimum absolute atomic E-state index is 0.0737. The maximum atomic E-state index is 11.3. The highest BCUT2D eigenvalue weighted by Gasteiger charge is 2.22. The van der Waals surface area contributed by atoms with Crippen LogP contribution in [0.4, 0.5) is 11.4 Å². The lowest BCUT2D eigenvalue weighted by Crippen LogP contribution is -2.35. The van der Waals surface area contributed by atoms with Crippen molar-refractivity contribution >= 4 is 17.3 Å². The van der Waals surface area contributed by atoms with Gasteiger partial charge in [0, 0.05) is 24.8 Å². The van der Waals surface area contributed by atoms with Gasteiger partial charge in [0.1, 0.15) is 0 Å². The first-order valence-corrected chi connectivity index (χ1v) is 5.13. The third-order valence-corrected chi connectivity index (χ3v) is 2.64. The average molecular weight is 205 g/mol. The van der Waals surface area contributed by atoms with E-state index < -0.39 is 0 Å². The van der Waals surface area contributed by atoms with Crippen LogP contribution < -0.4 is 15.8 Å². The van der Waals surface area contributed by atoms with E-state index in [0.717, 1.165) is 23.5 Å². The lowest BCUT2D eigenvalue weighted by molar-refractivity contribution is -0.115. The molecule has 1 amide bonds. The van der Waals surface area contributed by atoms with Crippen molar-refractivity contribution in [2.75, 3.05) is 23.9 Å². The van der Waals surface area contributed by atoms with Gasteiger partial charge in [0.2, 0.25) is 5.91 Å². The number of benzene rings is 1. The highest BCUT2D eigenvalue weighted by atomic mass is 16.1. The summed E-state index contributed by atoms with van der Waals surface area (Å²) in [6.45, 7) is 2.93. The molecule has 0 saturated carbocycles. The van der Waals surface area contributed by atoms with Crippen molar-refractivity contribution in [1.29, 1.82) is 0 Å². The van der Waals surface area contributed by atoms with E-state index in [1.807, 2.05) is 30.3 Å². The molecule has 1 aliphatic rings. The Bertz CT molecular complexity index is 385. The molecule has 0 saturated heterocycles. The Morgan fingerprint density at radius 2 is 2.33 bits per heavy atom. The molecule has 1 aliphatic heterocycles. The standard InChI is InChI=1S/C11H15N3O/c1-3-14(12-2)10-6-4-5-9-8(10)7-11(15)13-9/h4-6,12H,3,7H2,1-2H3,(H,13,15). The third kappa shape index (κ3) is 1.68. The Morgan fingerprint density at radius 3 is 3.00 bits per heavy atom. The minimum atomic E-state index is 0.0737. The second-order valence-corrected chi connectivity index (χ2v) is 3.50. The van der Waals surface area contributed by atoms with Crippen molar-refractivity contribution in [2.24, 2.45) is 0 Å². The van der Waals surface area contributed by atoms with E-state index in [-0.39, 0.29) is 5.91 Å². The van der Waals surface area contributed by atoms with Gasteiger partial charge in [0.05, 0.1) is 12.1 Å². The molecule has 4 heteroatoms. The summed E-state index contributed by atoms with van der Waals surface area (Å²) in [7, 11) is 1.88. The molecular weight excluding hydrogens is 190 g/mol. The lowest BCUT2D eigenvalue weighted by atomic mass is 10.1. The van der Waals surface area contributed by atoms with Gasteiger partial charge >= 0.3 is 0 Å². The zero-order valence-corrected chi connectivity index (χ0v) is 9.00. The first kappa shape index (κ1) is 9.98. The van der Waals surface area contributed by atoms with Crippen LogP contribution in [-0.4, -0.2) is 19.5 Å². The second-order valence-electron chi connectivity index (χ2n) is 3.50. The largest absolute Gasteiger partial charge is 0.325 e. The summed E-state index contributed by atoms with van der Waals surface area (Å²) in [5, 5.41) is 4.87. The number of carbonyl (C=O) groups excluding carboxylic acids is 1. The molecule has 2 N–H and O–H groups in total. The van der Waals surface area contributed by atoms with Gasteiger partial charge in [-0.2, -0.15) is 0 Å². The minimum Gasteiger partial charge on any atom is -0.325 e. The molecule has 0 fully saturated rings. The Hall–Kier alpha value is -1.55. The highest BCUT2D eigenvalue weighted by molar-refractivity contribution is 6.01. The molecule has 1 aromatic carbocycles. The van der Waals surface area contributed by atoms with Crippen LogP contribution in [0.5, 0.6) is 0 Å². The molecule has 4 nitrogen and oxygen atoms in total. The lowest BCUT2D eigenvalue weighted by Gasteiger charge is -2.23. The van der Waals surface area contributed by atoms with Gasteiger partial charge in [-0.1, -0.05) is 6.07 Å². The smallest absolute Gasteiger partial charge is 0.228 e. The van der Waals surface area contributed by atoms with Gasteiger partial charge < -0.3 is 10.3 Å². The first-order chi connectivity index (χ1) is 7.26. The first-order valence-electron chi connectivity index (χ1n) is 5.13. The quantitative estimate of drug-likeness (QED) is 0.727. The van der Waals surface area contributed by atoms with Crippen LogP contribution in [0.2, 0.25) is 0 Å². The van der Waals surface area contributed by atoms with E-state index in [1.165, 1.54) is 0 Å². The fourth-order valence-electron chi connectivity index (χ4n) is 1.93. The predicted molar refractivity (Wildman–Crippen MR) is 60.9 cm³/mol. The maximum absolute atomic E-state index is 11.3. The number of anilines is 2. The van der Waals surface area contributed by atoms with Gasteiger partial charge in [0.15, 0.2) is 0 Å². The van der Waals surface area contributed by atoms with Crippen LogP contribution in [0.1, 0.15) is 12.5 Å². The molecule has 80 valence electrons. The maximum Gasteiger partial charge on any atom is 0.228 e. The van der Waals surface area contributed by atoms with Crippen molar-refractivity contribution in [3.63, 3.8) is 0 Å². The molecule has 0 atom stereocenters. The molecule has 0 aliphatic carbocycles. The number of rotatable bonds is 3. The van der Waals surface area contributed by atoms with E-state index >= 15 is 0 Å². The molecule has 2 rings (SSSR count). The van der Waals surface area contributed by atoms with Crippen LogP contribution >= 0.6 is 0 Å². The van der Waals surface area contributed by atoms with Gasteiger partial charge in [0.25, 0.3) is 0 Å². The molecule has 0 unspecified atom stereocenters. The summed E-state index contributed by atoms with van der Waals surface area (Å²) >= 11 is 0. The summed E-state index contributed by atoms with van der Waals surface area (Å²) < 4.78 is 0. The summed E-state index contributed by atoms with van der Waals surface area (Å²) in [4.78, 5) is 11.3. The van der Waals surface area contributed by atoms with Crippen molar-refractivity contribution < 1.29 is 4.79 Å². The fourth-order valence-corrected chi connectivity index (χ4v) is 1.93. The number of nitrogens with one attached hydrogen (secondary N) is 2. The Balaban J connectivity index is 2.41. The second kappa shape index (κ2) is 3.90. The van der Waals surface area contributed by atoms with Gasteiger partial charge in [-0.25, -0.2) is 5.43 Å². The monoisotopic (exact) mass is 205 g/mol. The number of fused-ring (bicyclic) bond motifs is 1. The molecule has 1 heterocycles. The molecule has 0 aromatic heterocycles. The van der Waals surface area contributed by atoms with Gasteiger partial charge in [-0.15, -0.1) is 0 Å². The fraction of sp³-hybridized carbons (Fsp3) is 0.364. The van der Waals surface area contributed by atoms with Crippen molar-refractivity contribution in [3.8, 4) is 0 Å². The summed E-state index contributed by atoms with van der Waals surface area (Å²) in [5.74, 6) is 0.0737. The molecular formula is C11H15N3O. The number of amides is 1. The van der Waals surface area contributed by atoms with Crippen molar-refractivity contribution in [1.82, 2.24) is 5.43 Å². The van der Waals surface area contributed by atoms with Crippen LogP contribution in [0.25, 0.3) is 0 Å². The molecule has 1 aromatic rings. The highest BCUT2D eigenvalue weighted by Crippen LogP contribution is 2.31. The number of carbonyl (C=O) groups is 1. The van der Waals surface area contributed by atoms with Gasteiger partial charge in [-0.3, -0.25) is 4.79 Å². The SMILES string of the molecule is CCN(NC)c1cccc2c1CC(=O)N2. The van der Waals surface area contributed by atoms with Crippen molar-refractivity contribution in [3.05, 3.63) is 23.8 Å². The van der Waals surface area contributed by atoms with Gasteiger partial charge in [-0.05, 0) is 19.1 Å². The van der Waals surface area contributed by atoms with E-state index in [4.69, 9.17) is 0 Å². The van der Waals surface area contributed by atoms with E-state index in [1.54, 1.807) is 0 Å². The van der Waals surface area contributed by atoms with Crippen LogP contribution in [0, 0.1) is 0 Å². The summed E-state index contributed by atoms with van der Waals surface area (Å²) in [6, 6.07) is 5.92. The predicted octanol–water partition coefficient (Wildman–Crippen LogP) is 1.14. The van der Waals surface area contributed by atoms with E-state index in [0.29, 0.717) is 6.42 Å². The number of nitrogens with zero attached hydrogens (tertiary/aromatic N) is 1. The zero-order chi connectivity index (χ0) is 10.8. The summed E-state index contributed by atoms with van der Waals surface area (Å²) in [5.41, 5.74) is 6.20. The summed E-state index contributed by atoms with van der Waals surface area (Å²) in [6.07, 6.45) is 0.476. The zero-order valence-electron chi connectivity index (χ0n) is 9.00. The van der Waals surface area contributed by atoms with Crippen molar-refractivity contribution in [2.45, 2.75) is 13.3 Å². The Kier molecular flexibility index (Phi) is 2.60. The van der Waals surface area contributed by atoms with Crippen LogP contribution in [-0.2, 0) is 11.2 Å². The molecule has 0 radical (unpaired) electrons.